The van der Waals surface area contributed by atoms with Crippen LogP contribution in [0.2, 0.25) is 0 Å². The summed E-state index contributed by atoms with van der Waals surface area (Å²) in [5.41, 5.74) is 1.09. The third-order valence-corrected chi connectivity index (χ3v) is 3.04. The van der Waals surface area contributed by atoms with E-state index in [9.17, 15) is 5.11 Å². The molecule has 0 aliphatic heterocycles. The third-order valence-electron chi connectivity index (χ3n) is 3.04. The summed E-state index contributed by atoms with van der Waals surface area (Å²) in [7, 11) is 1.71. The molecule has 19 heavy (non-hydrogen) atoms. The highest BCUT2D eigenvalue weighted by atomic mass is 16.5. The highest BCUT2D eigenvalue weighted by Gasteiger charge is 2.12. The van der Waals surface area contributed by atoms with Gasteiger partial charge in [0.15, 0.2) is 11.5 Å². The van der Waals surface area contributed by atoms with E-state index in [2.05, 4.69) is 19.2 Å². The summed E-state index contributed by atoms with van der Waals surface area (Å²) in [5.74, 6) is 1.22. The first-order chi connectivity index (χ1) is 9.08. The molecule has 0 radical (unpaired) electrons. The average Bonchev–Trinajstić information content (AvgIpc) is 2.38. The van der Waals surface area contributed by atoms with E-state index in [-0.39, 0.29) is 5.75 Å². The largest absolute Gasteiger partial charge is 0.504 e. The average molecular weight is 267 g/mol. The lowest BCUT2D eigenvalue weighted by Crippen LogP contribution is -2.37. The van der Waals surface area contributed by atoms with Crippen molar-refractivity contribution < 1.29 is 14.6 Å². The minimum atomic E-state index is 0.183. The van der Waals surface area contributed by atoms with Crippen molar-refractivity contribution >= 4 is 0 Å². The Morgan fingerprint density at radius 1 is 1.32 bits per heavy atom. The number of hydrogen-bond acceptors (Lipinski definition) is 4. The van der Waals surface area contributed by atoms with Crippen LogP contribution in [-0.4, -0.2) is 31.5 Å². The van der Waals surface area contributed by atoms with Gasteiger partial charge in [-0.3, -0.25) is 0 Å². The fourth-order valence-corrected chi connectivity index (χ4v) is 1.86. The first kappa shape index (κ1) is 15.8. The molecule has 0 heterocycles. The lowest BCUT2D eigenvalue weighted by atomic mass is 10.0. The Bertz CT molecular complexity index is 380. The Kier molecular flexibility index (Phi) is 6.67. The van der Waals surface area contributed by atoms with Gasteiger partial charge >= 0.3 is 0 Å². The van der Waals surface area contributed by atoms with E-state index in [1.807, 2.05) is 19.1 Å². The summed E-state index contributed by atoms with van der Waals surface area (Å²) in [6.07, 6.45) is 0. The quantitative estimate of drug-likeness (QED) is 0.760. The molecule has 0 saturated carbocycles. The molecule has 1 aromatic rings. The van der Waals surface area contributed by atoms with Gasteiger partial charge in [-0.2, -0.15) is 0 Å². The van der Waals surface area contributed by atoms with Crippen molar-refractivity contribution in [1.29, 1.82) is 0 Å². The molecule has 0 fully saturated rings. The lowest BCUT2D eigenvalue weighted by Gasteiger charge is -2.21. The van der Waals surface area contributed by atoms with Gasteiger partial charge in [0.1, 0.15) is 0 Å². The fraction of sp³-hybridized carbons (Fsp3) is 0.600. The predicted octanol–water partition coefficient (Wildman–Crippen LogP) is 2.55. The van der Waals surface area contributed by atoms with Crippen molar-refractivity contribution in [3.63, 3.8) is 0 Å². The number of methoxy groups -OCH3 is 1. The van der Waals surface area contributed by atoms with Gasteiger partial charge in [-0.25, -0.2) is 0 Å². The molecule has 0 spiro atoms. The Balaban J connectivity index is 2.63. The van der Waals surface area contributed by atoms with Gasteiger partial charge < -0.3 is 19.9 Å². The van der Waals surface area contributed by atoms with E-state index >= 15 is 0 Å². The van der Waals surface area contributed by atoms with Crippen LogP contribution in [0.15, 0.2) is 18.2 Å². The molecule has 0 amide bonds. The number of phenols is 1. The highest BCUT2D eigenvalue weighted by Crippen LogP contribution is 2.26. The highest BCUT2D eigenvalue weighted by molar-refractivity contribution is 5.41. The number of rotatable bonds is 8. The maximum atomic E-state index is 9.65. The van der Waals surface area contributed by atoms with Crippen molar-refractivity contribution in [2.75, 3.05) is 20.3 Å². The first-order valence-electron chi connectivity index (χ1n) is 6.75. The molecule has 108 valence electrons. The fourth-order valence-electron chi connectivity index (χ4n) is 1.86. The van der Waals surface area contributed by atoms with E-state index in [4.69, 9.17) is 9.47 Å². The molecule has 1 rings (SSSR count). The van der Waals surface area contributed by atoms with Crippen LogP contribution in [0.3, 0.4) is 0 Å². The lowest BCUT2D eigenvalue weighted by molar-refractivity contribution is 0.146. The van der Waals surface area contributed by atoms with Crippen molar-refractivity contribution in [2.45, 2.75) is 33.4 Å². The zero-order chi connectivity index (χ0) is 14.3. The third kappa shape index (κ3) is 5.09. The number of hydrogen-bond donors (Lipinski definition) is 2. The standard InChI is InChI=1S/C15H25NO3/c1-5-19-15-8-12(6-7-14(15)17)9-16-13(10-18-4)11(2)3/h6-8,11,13,16-17H,5,9-10H2,1-4H3. The second-order valence-corrected chi connectivity index (χ2v) is 4.92. The zero-order valence-corrected chi connectivity index (χ0v) is 12.3. The second kappa shape index (κ2) is 8.02. The van der Waals surface area contributed by atoms with Gasteiger partial charge in [0.05, 0.1) is 13.2 Å². The van der Waals surface area contributed by atoms with Crippen LogP contribution < -0.4 is 10.1 Å². The SMILES string of the molecule is CCOc1cc(CNC(COC)C(C)C)ccc1O. The smallest absolute Gasteiger partial charge is 0.161 e. The molecule has 1 aromatic carbocycles. The van der Waals surface area contributed by atoms with Gasteiger partial charge in [-0.1, -0.05) is 19.9 Å². The molecule has 1 atom stereocenters. The van der Waals surface area contributed by atoms with Gasteiger partial charge in [0.25, 0.3) is 0 Å². The summed E-state index contributed by atoms with van der Waals surface area (Å²) >= 11 is 0. The molecular formula is C15H25NO3. The molecular weight excluding hydrogens is 242 g/mol. The Hall–Kier alpha value is -1.26. The number of phenolic OH excluding ortho intramolecular Hbond substituents is 1. The molecule has 1 unspecified atom stereocenters. The molecule has 0 saturated heterocycles. The zero-order valence-electron chi connectivity index (χ0n) is 12.3. The van der Waals surface area contributed by atoms with Crippen molar-refractivity contribution in [3.8, 4) is 11.5 Å². The topological polar surface area (TPSA) is 50.7 Å². The number of ether oxygens (including phenoxy) is 2. The van der Waals surface area contributed by atoms with Gasteiger partial charge in [-0.05, 0) is 30.5 Å². The predicted molar refractivity (Wildman–Crippen MR) is 76.6 cm³/mol. The summed E-state index contributed by atoms with van der Waals surface area (Å²) in [6.45, 7) is 8.19. The van der Waals surface area contributed by atoms with Crippen LogP contribution in [-0.2, 0) is 11.3 Å². The van der Waals surface area contributed by atoms with E-state index in [0.29, 0.717) is 30.9 Å². The van der Waals surface area contributed by atoms with Gasteiger partial charge in [0, 0.05) is 19.7 Å². The first-order valence-corrected chi connectivity index (χ1v) is 6.75. The Morgan fingerprint density at radius 3 is 2.63 bits per heavy atom. The maximum Gasteiger partial charge on any atom is 0.161 e. The Labute approximate surface area is 115 Å². The minimum absolute atomic E-state index is 0.183. The van der Waals surface area contributed by atoms with Gasteiger partial charge in [-0.15, -0.1) is 0 Å². The van der Waals surface area contributed by atoms with E-state index in [0.717, 1.165) is 12.1 Å². The van der Waals surface area contributed by atoms with Crippen LogP contribution in [0.5, 0.6) is 11.5 Å². The van der Waals surface area contributed by atoms with Crippen LogP contribution in [0.4, 0.5) is 0 Å². The Morgan fingerprint density at radius 2 is 2.05 bits per heavy atom. The molecule has 0 aliphatic rings. The number of nitrogens with one attached hydrogen (secondary N) is 1. The molecule has 4 heteroatoms. The van der Waals surface area contributed by atoms with Crippen molar-refractivity contribution in [3.05, 3.63) is 23.8 Å². The van der Waals surface area contributed by atoms with Crippen LogP contribution in [0, 0.1) is 5.92 Å². The van der Waals surface area contributed by atoms with E-state index < -0.39 is 0 Å². The summed E-state index contributed by atoms with van der Waals surface area (Å²) < 4.78 is 10.6. The van der Waals surface area contributed by atoms with Gasteiger partial charge in [0.2, 0.25) is 0 Å². The molecule has 2 N–H and O–H groups in total. The van der Waals surface area contributed by atoms with Crippen molar-refractivity contribution in [2.24, 2.45) is 5.92 Å². The van der Waals surface area contributed by atoms with E-state index in [1.54, 1.807) is 13.2 Å². The molecule has 0 aromatic heterocycles. The summed E-state index contributed by atoms with van der Waals surface area (Å²) in [6, 6.07) is 5.75. The molecule has 0 bridgehead atoms. The van der Waals surface area contributed by atoms with Crippen LogP contribution >= 0.6 is 0 Å². The second-order valence-electron chi connectivity index (χ2n) is 4.92. The van der Waals surface area contributed by atoms with Crippen LogP contribution in [0.1, 0.15) is 26.3 Å². The minimum Gasteiger partial charge on any atom is -0.504 e. The number of aromatic hydroxyl groups is 1. The van der Waals surface area contributed by atoms with Crippen LogP contribution in [0.25, 0.3) is 0 Å². The van der Waals surface area contributed by atoms with E-state index in [1.165, 1.54) is 0 Å². The monoisotopic (exact) mass is 267 g/mol. The molecule has 4 nitrogen and oxygen atoms in total. The maximum absolute atomic E-state index is 9.65. The summed E-state index contributed by atoms with van der Waals surface area (Å²) in [5, 5.41) is 13.1. The summed E-state index contributed by atoms with van der Waals surface area (Å²) in [4.78, 5) is 0. The van der Waals surface area contributed by atoms with Crippen molar-refractivity contribution in [1.82, 2.24) is 5.32 Å². The number of benzene rings is 1. The molecule has 0 aliphatic carbocycles. The normalized spacial score (nSPS) is 12.7.